The first-order valence-corrected chi connectivity index (χ1v) is 19.1. The van der Waals surface area contributed by atoms with E-state index in [-0.39, 0.29) is 31.0 Å². The molecule has 10 nitrogen and oxygen atoms in total. The summed E-state index contributed by atoms with van der Waals surface area (Å²) < 4.78 is 36.4. The molecule has 0 spiro atoms. The topological polar surface area (TPSA) is 103 Å². The summed E-state index contributed by atoms with van der Waals surface area (Å²) in [5.41, 5.74) is 7.30. The van der Waals surface area contributed by atoms with Crippen LogP contribution in [0.25, 0.3) is 50.1 Å². The number of benzene rings is 4. The van der Waals surface area contributed by atoms with Crippen molar-refractivity contribution in [3.05, 3.63) is 166 Å². The van der Waals surface area contributed by atoms with Crippen molar-refractivity contribution in [1.29, 1.82) is 0 Å². The predicted molar refractivity (Wildman–Crippen MR) is 225 cm³/mol. The van der Waals surface area contributed by atoms with Crippen molar-refractivity contribution in [2.45, 2.75) is 39.4 Å². The quantitative estimate of drug-likeness (QED) is 0.138. The zero-order valence-electron chi connectivity index (χ0n) is 32.2. The maximum absolute atomic E-state index is 15.7. The lowest BCUT2D eigenvalue weighted by molar-refractivity contribution is -0.117. The van der Waals surface area contributed by atoms with Gasteiger partial charge in [-0.3, -0.25) is 28.9 Å². The molecule has 0 saturated heterocycles. The van der Waals surface area contributed by atoms with Gasteiger partial charge in [0.1, 0.15) is 17.2 Å². The molecule has 0 saturated carbocycles. The standard InChI is InChI=1S/C47H36F2N8O2/c1-30-44(56(47(59)25-51-30)27-34-15-13-32(23-39(34)48)31-17-18-41-36(22-31)26-54(2)52-41)11-5-6-21-55-29-38-37(8-7-10-42(38)53-55)33-14-16-35(40(49)24-33)28-57-45-12-4-3-9-43(45)50-20-19-46(57)58/h3-5,7-16,20,22-26,29H,6,19,21,27-28H2,1-2H3. The van der Waals surface area contributed by atoms with E-state index in [4.69, 9.17) is 5.10 Å². The lowest BCUT2D eigenvalue weighted by atomic mass is 10.00. The number of aliphatic imine (C=N–C) groups is 1. The van der Waals surface area contributed by atoms with Gasteiger partial charge in [0.2, 0.25) is 5.91 Å². The van der Waals surface area contributed by atoms with Gasteiger partial charge >= 0.3 is 0 Å². The SMILES string of the molecule is Cc1ncc(=O)n(Cc2ccc(-c3c#cc4nn(C)cc4c3)cc2F)c1C=CCCn1cc2c(-c3ccc(CN4C(=O)CC=Nc5ccccc54)c(F)c3)cccc2n1. The van der Waals surface area contributed by atoms with Crippen LogP contribution in [0.15, 0.2) is 119 Å². The maximum Gasteiger partial charge on any atom is 0.269 e. The van der Waals surface area contributed by atoms with Crippen LogP contribution in [-0.4, -0.2) is 41.2 Å². The zero-order valence-corrected chi connectivity index (χ0v) is 32.2. The van der Waals surface area contributed by atoms with Crippen LogP contribution in [0.5, 0.6) is 0 Å². The van der Waals surface area contributed by atoms with E-state index in [0.29, 0.717) is 69.1 Å². The lowest BCUT2D eigenvalue weighted by Crippen LogP contribution is -2.30. The molecule has 0 unspecified atom stereocenters. The highest BCUT2D eigenvalue weighted by atomic mass is 19.1. The Bertz CT molecular complexity index is 3050. The first kappa shape index (κ1) is 37.1. The number of aryl methyl sites for hydroxylation is 3. The summed E-state index contributed by atoms with van der Waals surface area (Å²) in [4.78, 5) is 36.3. The molecule has 0 N–H and O–H groups in total. The predicted octanol–water partition coefficient (Wildman–Crippen LogP) is 8.79. The molecule has 0 radical (unpaired) electrons. The molecule has 8 aromatic rings. The van der Waals surface area contributed by atoms with Crippen molar-refractivity contribution in [1.82, 2.24) is 29.1 Å². The van der Waals surface area contributed by atoms with Crippen molar-refractivity contribution in [2.24, 2.45) is 12.0 Å². The second kappa shape index (κ2) is 15.4. The molecule has 290 valence electrons. The monoisotopic (exact) mass is 782 g/mol. The highest BCUT2D eigenvalue weighted by molar-refractivity contribution is 6.05. The van der Waals surface area contributed by atoms with Gasteiger partial charge in [-0.25, -0.2) is 8.78 Å². The number of allylic oxidation sites excluding steroid dienone is 1. The molecule has 0 atom stereocenters. The highest BCUT2D eigenvalue weighted by Crippen LogP contribution is 2.34. The summed E-state index contributed by atoms with van der Waals surface area (Å²) >= 11 is 0. The van der Waals surface area contributed by atoms with Crippen LogP contribution in [0.2, 0.25) is 0 Å². The Kier molecular flexibility index (Phi) is 9.70. The first-order valence-electron chi connectivity index (χ1n) is 19.1. The lowest BCUT2D eigenvalue weighted by Gasteiger charge is -2.23. The molecule has 0 bridgehead atoms. The van der Waals surface area contributed by atoms with E-state index in [1.807, 2.05) is 104 Å². The molecular weight excluding hydrogens is 747 g/mol. The van der Waals surface area contributed by atoms with Gasteiger partial charge in [0.05, 0.1) is 54.0 Å². The van der Waals surface area contributed by atoms with Crippen molar-refractivity contribution < 1.29 is 13.6 Å². The molecular formula is C47H36F2N8O2. The minimum Gasteiger partial charge on any atom is -0.305 e. The van der Waals surface area contributed by atoms with Gasteiger partial charge in [-0.2, -0.15) is 10.2 Å². The Morgan fingerprint density at radius 1 is 0.847 bits per heavy atom. The molecule has 1 aliphatic heterocycles. The molecule has 12 heteroatoms. The molecule has 1 amide bonds. The summed E-state index contributed by atoms with van der Waals surface area (Å²) in [5.74, 6) is -0.994. The second-order valence-electron chi connectivity index (χ2n) is 14.5. The number of aromatic nitrogens is 6. The van der Waals surface area contributed by atoms with Crippen LogP contribution >= 0.6 is 0 Å². The van der Waals surface area contributed by atoms with Gasteiger partial charge < -0.3 is 9.47 Å². The fourth-order valence-corrected chi connectivity index (χ4v) is 7.49. The van der Waals surface area contributed by atoms with Gasteiger partial charge in [0.25, 0.3) is 5.56 Å². The van der Waals surface area contributed by atoms with Crippen LogP contribution in [0.3, 0.4) is 0 Å². The number of fused-ring (bicyclic) bond motifs is 3. The Labute approximate surface area is 338 Å². The average molecular weight is 783 g/mol. The fourth-order valence-electron chi connectivity index (χ4n) is 7.49. The summed E-state index contributed by atoms with van der Waals surface area (Å²) in [5, 5.41) is 10.9. The van der Waals surface area contributed by atoms with E-state index in [0.717, 1.165) is 21.9 Å². The second-order valence-corrected chi connectivity index (χ2v) is 14.5. The summed E-state index contributed by atoms with van der Waals surface area (Å²) in [6, 6.07) is 31.2. The molecule has 59 heavy (non-hydrogen) atoms. The number of nitrogens with zero attached hydrogens (tertiary/aromatic N) is 8. The van der Waals surface area contributed by atoms with E-state index in [1.54, 1.807) is 27.9 Å². The zero-order chi connectivity index (χ0) is 40.6. The van der Waals surface area contributed by atoms with E-state index in [1.165, 1.54) is 22.9 Å². The molecule has 3 aromatic heterocycles. The Hall–Kier alpha value is -7.52. The summed E-state index contributed by atoms with van der Waals surface area (Å²) in [7, 11) is 1.83. The van der Waals surface area contributed by atoms with Crippen LogP contribution in [0.1, 0.15) is 35.4 Å². The Balaban J connectivity index is 0.899. The van der Waals surface area contributed by atoms with E-state index < -0.39 is 11.6 Å². The van der Waals surface area contributed by atoms with Crippen LogP contribution in [0.4, 0.5) is 20.2 Å². The first-order chi connectivity index (χ1) is 28.7. The Morgan fingerprint density at radius 2 is 1.64 bits per heavy atom. The number of carbonyl (C=O) groups excluding carboxylic acids is 1. The number of rotatable bonds is 10. The number of hydrogen-bond donors (Lipinski definition) is 0. The fraction of sp³-hybridized carbons (Fsp3) is 0.149. The summed E-state index contributed by atoms with van der Waals surface area (Å²) in [6.07, 6.45) is 11.2. The molecule has 0 aliphatic carbocycles. The third-order valence-electron chi connectivity index (χ3n) is 10.5. The van der Waals surface area contributed by atoms with Crippen molar-refractivity contribution in [2.75, 3.05) is 4.90 Å². The van der Waals surface area contributed by atoms with Crippen LogP contribution in [0, 0.1) is 30.7 Å². The van der Waals surface area contributed by atoms with E-state index in [9.17, 15) is 9.59 Å². The number of amides is 1. The number of anilines is 1. The van der Waals surface area contributed by atoms with Crippen LogP contribution < -0.4 is 10.5 Å². The average Bonchev–Trinajstić information content (AvgIpc) is 3.79. The minimum absolute atomic E-state index is 0.0274. The molecule has 1 aliphatic rings. The van der Waals surface area contributed by atoms with Crippen molar-refractivity contribution in [3.63, 3.8) is 0 Å². The molecule has 9 rings (SSSR count). The largest absolute Gasteiger partial charge is 0.305 e. The van der Waals surface area contributed by atoms with Gasteiger partial charge in [-0.05, 0) is 78.6 Å². The Morgan fingerprint density at radius 3 is 2.49 bits per heavy atom. The van der Waals surface area contributed by atoms with Crippen molar-refractivity contribution in [3.8, 4) is 22.3 Å². The van der Waals surface area contributed by atoms with Gasteiger partial charge in [-0.15, -0.1) is 0 Å². The third-order valence-corrected chi connectivity index (χ3v) is 10.5. The minimum atomic E-state index is -0.437. The summed E-state index contributed by atoms with van der Waals surface area (Å²) in [6.45, 7) is 2.46. The van der Waals surface area contributed by atoms with Crippen LogP contribution in [-0.2, 0) is 31.5 Å². The number of carbonyl (C=O) groups is 1. The highest BCUT2D eigenvalue weighted by Gasteiger charge is 2.22. The van der Waals surface area contributed by atoms with Gasteiger partial charge in [0, 0.05) is 59.7 Å². The molecule has 0 fully saturated rings. The van der Waals surface area contributed by atoms with Gasteiger partial charge in [-0.1, -0.05) is 60.7 Å². The normalized spacial score (nSPS) is 12.7. The number of halogens is 2. The van der Waals surface area contributed by atoms with E-state index >= 15 is 8.78 Å². The third kappa shape index (κ3) is 7.42. The molecule has 5 aromatic carbocycles. The number of para-hydroxylation sites is 2. The maximum atomic E-state index is 15.7. The van der Waals surface area contributed by atoms with Crippen molar-refractivity contribution >= 4 is 51.4 Å². The van der Waals surface area contributed by atoms with E-state index in [2.05, 4.69) is 27.2 Å². The van der Waals surface area contributed by atoms with Gasteiger partial charge in [0.15, 0.2) is 0 Å². The smallest absolute Gasteiger partial charge is 0.269 e. The number of hydrogen-bond acceptors (Lipinski definition) is 6. The molecule has 4 heterocycles.